The average Bonchev–Trinajstić information content (AvgIpc) is 1.99. The molecule has 0 aliphatic rings. The van der Waals surface area contributed by atoms with Crippen molar-refractivity contribution in [2.24, 2.45) is 0 Å². The van der Waals surface area contributed by atoms with E-state index in [-0.39, 0.29) is 6.42 Å². The van der Waals surface area contributed by atoms with Gasteiger partial charge in [-0.3, -0.25) is 4.79 Å². The van der Waals surface area contributed by atoms with Gasteiger partial charge in [0.05, 0.1) is 11.8 Å². The number of hydrogen-bond acceptors (Lipinski definition) is 1. The van der Waals surface area contributed by atoms with Gasteiger partial charge in [0.15, 0.2) is 0 Å². The van der Waals surface area contributed by atoms with Crippen LogP contribution in [0.2, 0.25) is 0 Å². The lowest BCUT2D eigenvalue weighted by atomic mass is 9.96. The Morgan fingerprint density at radius 3 is 2.20 bits per heavy atom. The molecular weight excluding hydrogens is 212 g/mol. The second kappa shape index (κ2) is 4.67. The van der Waals surface area contributed by atoms with Gasteiger partial charge in [0.25, 0.3) is 0 Å². The van der Waals surface area contributed by atoms with Crippen LogP contribution in [0.5, 0.6) is 0 Å². The molecule has 1 rings (SSSR count). The van der Waals surface area contributed by atoms with Crippen LogP contribution in [0.4, 0.5) is 0 Å². The van der Waals surface area contributed by atoms with Crippen molar-refractivity contribution in [1.82, 2.24) is 0 Å². The summed E-state index contributed by atoms with van der Waals surface area (Å²) in [5.74, 6) is -0.866. The standard InChI is InChI=1S/C12H15ClO2/c1-7-4-8(2)12(9(3)5-7)10(13)6-11(14)15/h4-5,10H,6H2,1-3H3,(H,14,15). The fourth-order valence-electron chi connectivity index (χ4n) is 1.94. The number of rotatable bonds is 3. The number of alkyl halides is 1. The van der Waals surface area contributed by atoms with E-state index in [0.717, 1.165) is 16.7 Å². The van der Waals surface area contributed by atoms with Crippen molar-refractivity contribution >= 4 is 17.6 Å². The van der Waals surface area contributed by atoms with Crippen molar-refractivity contribution < 1.29 is 9.90 Å². The molecule has 0 bridgehead atoms. The highest BCUT2D eigenvalue weighted by atomic mass is 35.5. The number of carboxylic acids is 1. The van der Waals surface area contributed by atoms with Crippen LogP contribution in [-0.4, -0.2) is 11.1 Å². The summed E-state index contributed by atoms with van der Waals surface area (Å²) in [4.78, 5) is 10.6. The predicted molar refractivity (Wildman–Crippen MR) is 61.5 cm³/mol. The molecule has 1 atom stereocenters. The van der Waals surface area contributed by atoms with Gasteiger partial charge in [-0.05, 0) is 37.5 Å². The minimum Gasteiger partial charge on any atom is -0.481 e. The summed E-state index contributed by atoms with van der Waals surface area (Å²) in [6.45, 7) is 5.95. The van der Waals surface area contributed by atoms with Crippen LogP contribution in [0.1, 0.15) is 34.1 Å². The number of benzene rings is 1. The van der Waals surface area contributed by atoms with Crippen LogP contribution in [0.3, 0.4) is 0 Å². The van der Waals surface area contributed by atoms with Gasteiger partial charge in [0, 0.05) is 0 Å². The summed E-state index contributed by atoms with van der Waals surface area (Å²) < 4.78 is 0. The molecule has 0 heterocycles. The molecule has 0 amide bonds. The first-order valence-electron chi connectivity index (χ1n) is 4.85. The summed E-state index contributed by atoms with van der Waals surface area (Å²) in [6, 6.07) is 4.05. The number of halogens is 1. The molecule has 0 radical (unpaired) electrons. The molecule has 1 N–H and O–H groups in total. The smallest absolute Gasteiger partial charge is 0.305 e. The third-order valence-corrected chi connectivity index (χ3v) is 2.78. The van der Waals surface area contributed by atoms with Gasteiger partial charge >= 0.3 is 5.97 Å². The van der Waals surface area contributed by atoms with Gasteiger partial charge < -0.3 is 5.11 Å². The van der Waals surface area contributed by atoms with Gasteiger partial charge in [0.2, 0.25) is 0 Å². The highest BCUT2D eigenvalue weighted by Crippen LogP contribution is 2.30. The maximum absolute atomic E-state index is 10.6. The van der Waals surface area contributed by atoms with E-state index in [1.807, 2.05) is 32.9 Å². The van der Waals surface area contributed by atoms with Crippen molar-refractivity contribution in [2.75, 3.05) is 0 Å². The lowest BCUT2D eigenvalue weighted by Gasteiger charge is -2.15. The first-order valence-corrected chi connectivity index (χ1v) is 5.29. The zero-order valence-corrected chi connectivity index (χ0v) is 9.93. The molecule has 2 nitrogen and oxygen atoms in total. The summed E-state index contributed by atoms with van der Waals surface area (Å²) in [5, 5.41) is 8.26. The van der Waals surface area contributed by atoms with Crippen molar-refractivity contribution in [3.8, 4) is 0 Å². The molecule has 3 heteroatoms. The zero-order chi connectivity index (χ0) is 11.6. The molecule has 0 aliphatic carbocycles. The molecule has 1 aromatic rings. The van der Waals surface area contributed by atoms with E-state index in [0.29, 0.717) is 0 Å². The lowest BCUT2D eigenvalue weighted by molar-refractivity contribution is -0.137. The Bertz CT molecular complexity index is 362. The Morgan fingerprint density at radius 1 is 1.33 bits per heavy atom. The van der Waals surface area contributed by atoms with Gasteiger partial charge in [-0.25, -0.2) is 0 Å². The van der Waals surface area contributed by atoms with Crippen LogP contribution in [0.25, 0.3) is 0 Å². The van der Waals surface area contributed by atoms with Crippen LogP contribution in [0, 0.1) is 20.8 Å². The van der Waals surface area contributed by atoms with Gasteiger partial charge in [-0.1, -0.05) is 17.7 Å². The molecule has 1 aromatic carbocycles. The maximum Gasteiger partial charge on any atom is 0.305 e. The molecular formula is C12H15ClO2. The van der Waals surface area contributed by atoms with E-state index >= 15 is 0 Å². The highest BCUT2D eigenvalue weighted by molar-refractivity contribution is 6.22. The summed E-state index contributed by atoms with van der Waals surface area (Å²) in [5.41, 5.74) is 4.25. The molecule has 0 saturated heterocycles. The van der Waals surface area contributed by atoms with Gasteiger partial charge in [-0.2, -0.15) is 0 Å². The zero-order valence-electron chi connectivity index (χ0n) is 9.17. The molecule has 82 valence electrons. The third-order valence-electron chi connectivity index (χ3n) is 2.41. The number of hydrogen-bond donors (Lipinski definition) is 1. The van der Waals surface area contributed by atoms with Crippen LogP contribution >= 0.6 is 11.6 Å². The Hall–Kier alpha value is -1.02. The minimum absolute atomic E-state index is 0.0354. The van der Waals surface area contributed by atoms with E-state index in [1.165, 1.54) is 5.56 Å². The van der Waals surface area contributed by atoms with E-state index in [4.69, 9.17) is 16.7 Å². The normalized spacial score (nSPS) is 12.5. The Balaban J connectivity index is 3.08. The second-order valence-electron chi connectivity index (χ2n) is 3.88. The quantitative estimate of drug-likeness (QED) is 0.803. The Kier molecular flexibility index (Phi) is 3.75. The number of aliphatic carboxylic acids is 1. The van der Waals surface area contributed by atoms with E-state index in [2.05, 4.69) is 0 Å². The van der Waals surface area contributed by atoms with E-state index in [1.54, 1.807) is 0 Å². The fraction of sp³-hybridized carbons (Fsp3) is 0.417. The second-order valence-corrected chi connectivity index (χ2v) is 4.40. The molecule has 0 aromatic heterocycles. The van der Waals surface area contributed by atoms with Crippen LogP contribution < -0.4 is 0 Å². The molecule has 1 unspecified atom stereocenters. The predicted octanol–water partition coefficient (Wildman–Crippen LogP) is 3.37. The van der Waals surface area contributed by atoms with E-state index < -0.39 is 11.3 Å². The fourth-order valence-corrected chi connectivity index (χ4v) is 2.42. The monoisotopic (exact) mass is 226 g/mol. The number of carboxylic acid groups (broad SMARTS) is 1. The van der Waals surface area contributed by atoms with Gasteiger partial charge in [0.1, 0.15) is 0 Å². The third kappa shape index (κ3) is 2.96. The van der Waals surface area contributed by atoms with Crippen molar-refractivity contribution in [2.45, 2.75) is 32.6 Å². The van der Waals surface area contributed by atoms with Crippen molar-refractivity contribution in [3.05, 3.63) is 34.4 Å². The van der Waals surface area contributed by atoms with E-state index in [9.17, 15) is 4.79 Å². The summed E-state index contributed by atoms with van der Waals surface area (Å²) in [6.07, 6.45) is -0.0354. The molecule has 15 heavy (non-hydrogen) atoms. The molecule has 0 fully saturated rings. The van der Waals surface area contributed by atoms with Crippen LogP contribution in [0.15, 0.2) is 12.1 Å². The Morgan fingerprint density at radius 2 is 1.80 bits per heavy atom. The topological polar surface area (TPSA) is 37.3 Å². The van der Waals surface area contributed by atoms with Gasteiger partial charge in [-0.15, -0.1) is 11.6 Å². The van der Waals surface area contributed by atoms with Crippen LogP contribution in [-0.2, 0) is 4.79 Å². The molecule has 0 saturated carbocycles. The molecule has 0 aliphatic heterocycles. The Labute approximate surface area is 94.9 Å². The lowest BCUT2D eigenvalue weighted by Crippen LogP contribution is -2.04. The largest absolute Gasteiger partial charge is 0.481 e. The summed E-state index contributed by atoms with van der Waals surface area (Å²) >= 11 is 6.08. The van der Waals surface area contributed by atoms with Crippen molar-refractivity contribution in [1.29, 1.82) is 0 Å². The summed E-state index contributed by atoms with van der Waals surface area (Å²) in [7, 11) is 0. The first kappa shape index (κ1) is 12.1. The minimum atomic E-state index is -0.866. The highest BCUT2D eigenvalue weighted by Gasteiger charge is 2.16. The number of carbonyl (C=O) groups is 1. The first-order chi connectivity index (χ1) is 6.91. The molecule has 0 spiro atoms. The average molecular weight is 227 g/mol. The maximum atomic E-state index is 10.6. The SMILES string of the molecule is Cc1cc(C)c(C(Cl)CC(=O)O)c(C)c1. The van der Waals surface area contributed by atoms with Crippen molar-refractivity contribution in [3.63, 3.8) is 0 Å². The number of aryl methyl sites for hydroxylation is 3.